The van der Waals surface area contributed by atoms with Gasteiger partial charge in [0.05, 0.1) is 19.3 Å². The standard InChI is InChI=1S/C20H29NO3/c1-4-24-18-15(23-3)8-7-14-13-16-20(22)10-6-5-9-19(20,17(14)18)11-12-21(16)2/h7-8,16,22H,4-6,9-13H2,1-3H3/t16-,19+,20-/m1/s1. The van der Waals surface area contributed by atoms with Crippen molar-refractivity contribution in [1.29, 1.82) is 0 Å². The number of nitrogens with zero attached hydrogens (tertiary/aromatic N) is 1. The summed E-state index contributed by atoms with van der Waals surface area (Å²) in [4.78, 5) is 2.37. The van der Waals surface area contributed by atoms with Crippen LogP contribution in [-0.2, 0) is 11.8 Å². The van der Waals surface area contributed by atoms with Gasteiger partial charge in [0, 0.05) is 17.0 Å². The molecule has 2 fully saturated rings. The van der Waals surface area contributed by atoms with Gasteiger partial charge < -0.3 is 19.5 Å². The molecule has 4 heteroatoms. The van der Waals surface area contributed by atoms with Gasteiger partial charge in [-0.05, 0) is 57.8 Å². The summed E-state index contributed by atoms with van der Waals surface area (Å²) in [5, 5.41) is 11.9. The molecule has 4 rings (SSSR count). The van der Waals surface area contributed by atoms with Gasteiger partial charge in [-0.1, -0.05) is 18.9 Å². The van der Waals surface area contributed by atoms with Gasteiger partial charge in [0.1, 0.15) is 0 Å². The highest BCUT2D eigenvalue weighted by Crippen LogP contribution is 2.61. The molecule has 1 saturated carbocycles. The first-order valence-electron chi connectivity index (χ1n) is 9.33. The van der Waals surface area contributed by atoms with Crippen molar-refractivity contribution in [3.63, 3.8) is 0 Å². The molecule has 24 heavy (non-hydrogen) atoms. The Morgan fingerprint density at radius 3 is 2.79 bits per heavy atom. The first-order chi connectivity index (χ1) is 11.6. The normalized spacial score (nSPS) is 35.1. The molecular formula is C20H29NO3. The van der Waals surface area contributed by atoms with Gasteiger partial charge in [-0.3, -0.25) is 0 Å². The van der Waals surface area contributed by atoms with E-state index in [0.29, 0.717) is 6.61 Å². The second-order valence-corrected chi connectivity index (χ2v) is 7.73. The summed E-state index contributed by atoms with van der Waals surface area (Å²) < 4.78 is 11.7. The highest BCUT2D eigenvalue weighted by molar-refractivity contribution is 5.58. The molecule has 1 aromatic carbocycles. The van der Waals surface area contributed by atoms with Crippen LogP contribution in [0.15, 0.2) is 12.1 Å². The van der Waals surface area contributed by atoms with E-state index in [-0.39, 0.29) is 11.5 Å². The minimum Gasteiger partial charge on any atom is -0.493 e. The van der Waals surface area contributed by atoms with Crippen LogP contribution in [0, 0.1) is 0 Å². The number of hydrogen-bond donors (Lipinski definition) is 1. The minimum absolute atomic E-state index is 0.185. The van der Waals surface area contributed by atoms with E-state index in [9.17, 15) is 5.11 Å². The van der Waals surface area contributed by atoms with Gasteiger partial charge in [0.25, 0.3) is 0 Å². The van der Waals surface area contributed by atoms with Crippen LogP contribution in [-0.4, -0.2) is 49.0 Å². The second-order valence-electron chi connectivity index (χ2n) is 7.73. The summed E-state index contributed by atoms with van der Waals surface area (Å²) in [5.74, 6) is 1.68. The SMILES string of the molecule is CCOc1c(OC)ccc2c1[C@@]13CCCC[C@@]1(O)[C@@H](C2)N(C)CC3. The van der Waals surface area contributed by atoms with E-state index >= 15 is 0 Å². The predicted molar refractivity (Wildman–Crippen MR) is 94.0 cm³/mol. The lowest BCUT2D eigenvalue weighted by Gasteiger charge is -2.63. The number of ether oxygens (including phenoxy) is 2. The molecule has 1 aliphatic heterocycles. The largest absolute Gasteiger partial charge is 0.493 e. The molecule has 2 aliphatic carbocycles. The first kappa shape index (κ1) is 16.2. The van der Waals surface area contributed by atoms with E-state index in [0.717, 1.165) is 50.1 Å². The fourth-order valence-electron chi connectivity index (χ4n) is 5.74. The van der Waals surface area contributed by atoms with Crippen molar-refractivity contribution in [2.75, 3.05) is 27.3 Å². The Labute approximate surface area is 144 Å². The van der Waals surface area contributed by atoms with Crippen molar-refractivity contribution in [1.82, 2.24) is 4.90 Å². The summed E-state index contributed by atoms with van der Waals surface area (Å²) in [5.41, 5.74) is 1.75. The molecule has 0 spiro atoms. The van der Waals surface area contributed by atoms with Gasteiger partial charge in [0.15, 0.2) is 11.5 Å². The van der Waals surface area contributed by atoms with Crippen LogP contribution >= 0.6 is 0 Å². The van der Waals surface area contributed by atoms with Crippen molar-refractivity contribution in [2.24, 2.45) is 0 Å². The molecule has 1 N–H and O–H groups in total. The molecule has 0 unspecified atom stereocenters. The minimum atomic E-state index is -0.649. The molecular weight excluding hydrogens is 302 g/mol. The van der Waals surface area contributed by atoms with E-state index in [2.05, 4.69) is 18.0 Å². The summed E-state index contributed by atoms with van der Waals surface area (Å²) in [6.45, 7) is 3.67. The zero-order valence-electron chi connectivity index (χ0n) is 15.1. The van der Waals surface area contributed by atoms with Crippen LogP contribution in [0.5, 0.6) is 11.5 Å². The Morgan fingerprint density at radius 1 is 1.25 bits per heavy atom. The van der Waals surface area contributed by atoms with Crippen LogP contribution < -0.4 is 9.47 Å². The third-order valence-corrected chi connectivity index (χ3v) is 6.82. The Balaban J connectivity index is 1.98. The maximum Gasteiger partial charge on any atom is 0.165 e. The molecule has 1 heterocycles. The molecule has 3 atom stereocenters. The number of aliphatic hydroxyl groups is 1. The van der Waals surface area contributed by atoms with Crippen molar-refractivity contribution < 1.29 is 14.6 Å². The van der Waals surface area contributed by atoms with E-state index < -0.39 is 5.60 Å². The number of hydrogen-bond acceptors (Lipinski definition) is 4. The van der Waals surface area contributed by atoms with Crippen LogP contribution in [0.4, 0.5) is 0 Å². The summed E-state index contributed by atoms with van der Waals surface area (Å²) in [6.07, 6.45) is 6.13. The van der Waals surface area contributed by atoms with Crippen molar-refractivity contribution >= 4 is 0 Å². The first-order valence-corrected chi connectivity index (χ1v) is 9.33. The van der Waals surface area contributed by atoms with E-state index in [1.807, 2.05) is 13.0 Å². The van der Waals surface area contributed by atoms with E-state index in [1.54, 1.807) is 7.11 Å². The maximum atomic E-state index is 11.9. The smallest absolute Gasteiger partial charge is 0.165 e. The molecule has 132 valence electrons. The molecule has 3 aliphatic rings. The predicted octanol–water partition coefficient (Wildman–Crippen LogP) is 2.90. The van der Waals surface area contributed by atoms with Gasteiger partial charge in [0.2, 0.25) is 0 Å². The maximum absolute atomic E-state index is 11.9. The van der Waals surface area contributed by atoms with E-state index in [1.165, 1.54) is 17.5 Å². The van der Waals surface area contributed by atoms with Crippen LogP contribution in [0.2, 0.25) is 0 Å². The molecule has 1 saturated heterocycles. The molecule has 0 amide bonds. The number of rotatable bonds is 3. The zero-order chi connectivity index (χ0) is 16.9. The topological polar surface area (TPSA) is 41.9 Å². The Bertz CT molecular complexity index is 646. The molecule has 1 aromatic rings. The van der Waals surface area contributed by atoms with Crippen LogP contribution in [0.3, 0.4) is 0 Å². The van der Waals surface area contributed by atoms with Crippen molar-refractivity contribution in [2.45, 2.75) is 62.5 Å². The number of likely N-dealkylation sites (tertiary alicyclic amines) is 1. The number of fused-ring (bicyclic) bond motifs is 1. The van der Waals surface area contributed by atoms with Crippen molar-refractivity contribution in [3.05, 3.63) is 23.3 Å². The number of piperidine rings is 1. The summed E-state index contributed by atoms with van der Waals surface area (Å²) in [6, 6.07) is 4.43. The lowest BCUT2D eigenvalue weighted by molar-refractivity contribution is -0.161. The fourth-order valence-corrected chi connectivity index (χ4v) is 5.74. The van der Waals surface area contributed by atoms with Gasteiger partial charge in [-0.15, -0.1) is 0 Å². The molecule has 4 nitrogen and oxygen atoms in total. The zero-order valence-corrected chi connectivity index (χ0v) is 15.1. The van der Waals surface area contributed by atoms with Crippen LogP contribution in [0.25, 0.3) is 0 Å². The lowest BCUT2D eigenvalue weighted by Crippen LogP contribution is -2.71. The highest BCUT2D eigenvalue weighted by atomic mass is 16.5. The Morgan fingerprint density at radius 2 is 2.04 bits per heavy atom. The lowest BCUT2D eigenvalue weighted by atomic mass is 9.49. The van der Waals surface area contributed by atoms with Gasteiger partial charge in [-0.2, -0.15) is 0 Å². The monoisotopic (exact) mass is 331 g/mol. The number of likely N-dealkylation sites (N-methyl/N-ethyl adjacent to an activating group) is 1. The average molecular weight is 331 g/mol. The van der Waals surface area contributed by atoms with Crippen LogP contribution in [0.1, 0.15) is 50.2 Å². The quantitative estimate of drug-likeness (QED) is 0.925. The second kappa shape index (κ2) is 5.63. The van der Waals surface area contributed by atoms with Gasteiger partial charge in [-0.25, -0.2) is 0 Å². The van der Waals surface area contributed by atoms with Gasteiger partial charge >= 0.3 is 0 Å². The fraction of sp³-hybridized carbons (Fsp3) is 0.700. The number of methoxy groups -OCH3 is 1. The Hall–Kier alpha value is -1.26. The summed E-state index contributed by atoms with van der Waals surface area (Å²) >= 11 is 0. The van der Waals surface area contributed by atoms with Crippen molar-refractivity contribution in [3.8, 4) is 11.5 Å². The third kappa shape index (κ3) is 1.93. The summed E-state index contributed by atoms with van der Waals surface area (Å²) in [7, 11) is 3.87. The molecule has 2 bridgehead atoms. The Kier molecular flexibility index (Phi) is 3.81. The van der Waals surface area contributed by atoms with E-state index in [4.69, 9.17) is 9.47 Å². The number of benzene rings is 1. The average Bonchev–Trinajstić information content (AvgIpc) is 2.58. The molecule has 0 aromatic heterocycles. The molecule has 0 radical (unpaired) electrons. The highest BCUT2D eigenvalue weighted by Gasteiger charge is 2.63. The third-order valence-electron chi connectivity index (χ3n) is 6.82.